The number of nitrogens with one attached hydrogen (secondary N) is 1. The lowest BCUT2D eigenvalue weighted by Crippen LogP contribution is -2.50. The second-order valence-corrected chi connectivity index (χ2v) is 9.45. The van der Waals surface area contributed by atoms with Gasteiger partial charge in [-0.2, -0.15) is 18.2 Å². The van der Waals surface area contributed by atoms with Gasteiger partial charge in [0.15, 0.2) is 0 Å². The Morgan fingerprint density at radius 2 is 1.94 bits per heavy atom. The molecule has 10 heteroatoms. The minimum Gasteiger partial charge on any atom is -0.351 e. The van der Waals surface area contributed by atoms with Crippen molar-refractivity contribution in [3.63, 3.8) is 0 Å². The number of aryl methyl sites for hydroxylation is 1. The highest BCUT2D eigenvalue weighted by atomic mass is 32.2. The molecule has 1 fully saturated rings. The van der Waals surface area contributed by atoms with E-state index < -0.39 is 23.2 Å². The molecule has 0 spiro atoms. The molecule has 2 aliphatic heterocycles. The van der Waals surface area contributed by atoms with Crippen LogP contribution in [0.25, 0.3) is 22.0 Å². The zero-order chi connectivity index (χ0) is 23.3. The number of halogens is 4. The number of aromatic nitrogens is 2. The maximum absolute atomic E-state index is 14.4. The Morgan fingerprint density at radius 3 is 2.64 bits per heavy atom. The Labute approximate surface area is 191 Å². The number of piperazine rings is 1. The van der Waals surface area contributed by atoms with Crippen molar-refractivity contribution >= 4 is 28.5 Å². The highest BCUT2D eigenvalue weighted by Crippen LogP contribution is 2.48. The Balaban J connectivity index is 1.91. The number of alkyl halides is 3. The largest absolute Gasteiger partial charge is 0.417 e. The fraction of sp³-hybridized carbons (Fsp3) is 0.391. The summed E-state index contributed by atoms with van der Waals surface area (Å²) in [6.07, 6.45) is -4.02. The summed E-state index contributed by atoms with van der Waals surface area (Å²) < 4.78 is 58.3. The van der Waals surface area contributed by atoms with Gasteiger partial charge in [0.05, 0.1) is 11.1 Å². The molecule has 3 heterocycles. The summed E-state index contributed by atoms with van der Waals surface area (Å²) in [5.74, 6) is 0.327. The van der Waals surface area contributed by atoms with Gasteiger partial charge >= 0.3 is 11.9 Å². The Morgan fingerprint density at radius 1 is 1.18 bits per heavy atom. The van der Waals surface area contributed by atoms with Crippen molar-refractivity contribution in [1.82, 2.24) is 14.9 Å². The predicted octanol–water partition coefficient (Wildman–Crippen LogP) is 4.52. The van der Waals surface area contributed by atoms with Crippen molar-refractivity contribution in [3.05, 3.63) is 52.2 Å². The molecule has 174 valence electrons. The van der Waals surface area contributed by atoms with Crippen LogP contribution >= 0.6 is 11.8 Å². The average Bonchev–Trinajstić information content (AvgIpc) is 3.00. The SMILES string of the molecule is CC1CNCCN1c1nc(=O)n2c3c(c(-c4ccc(F)cc4)c(C(F)(F)F)cc13)SCCC2. The van der Waals surface area contributed by atoms with Crippen LogP contribution in [0.5, 0.6) is 0 Å². The molecule has 1 atom stereocenters. The topological polar surface area (TPSA) is 50.2 Å². The van der Waals surface area contributed by atoms with Crippen LogP contribution in [0.1, 0.15) is 18.9 Å². The average molecular weight is 479 g/mol. The molecule has 1 N–H and O–H groups in total. The number of thioether (sulfide) groups is 1. The van der Waals surface area contributed by atoms with Crippen LogP contribution in [-0.4, -0.2) is 41.0 Å². The molecular formula is C23H22F4N4OS. The van der Waals surface area contributed by atoms with Gasteiger partial charge in [0.25, 0.3) is 0 Å². The fourth-order valence-electron chi connectivity index (χ4n) is 4.64. The summed E-state index contributed by atoms with van der Waals surface area (Å²) in [5.41, 5.74) is -0.534. The third-order valence-electron chi connectivity index (χ3n) is 6.18. The van der Waals surface area contributed by atoms with Crippen molar-refractivity contribution in [1.29, 1.82) is 0 Å². The van der Waals surface area contributed by atoms with E-state index in [9.17, 15) is 22.4 Å². The van der Waals surface area contributed by atoms with E-state index in [1.807, 2.05) is 11.8 Å². The van der Waals surface area contributed by atoms with Gasteiger partial charge in [0.1, 0.15) is 11.6 Å². The zero-order valence-electron chi connectivity index (χ0n) is 17.9. The van der Waals surface area contributed by atoms with Crippen molar-refractivity contribution < 1.29 is 17.6 Å². The Hall–Kier alpha value is -2.59. The number of benzene rings is 2. The van der Waals surface area contributed by atoms with E-state index in [1.54, 1.807) is 0 Å². The van der Waals surface area contributed by atoms with Gasteiger partial charge in [-0.25, -0.2) is 9.18 Å². The molecule has 1 saturated heterocycles. The lowest BCUT2D eigenvalue weighted by atomic mass is 9.96. The van der Waals surface area contributed by atoms with Gasteiger partial charge in [0.2, 0.25) is 0 Å². The lowest BCUT2D eigenvalue weighted by Gasteiger charge is -2.36. The maximum atomic E-state index is 14.4. The summed E-state index contributed by atoms with van der Waals surface area (Å²) >= 11 is 1.31. The molecule has 33 heavy (non-hydrogen) atoms. The Kier molecular flexibility index (Phi) is 5.60. The van der Waals surface area contributed by atoms with Crippen LogP contribution < -0.4 is 15.9 Å². The normalized spacial score (nSPS) is 19.1. The van der Waals surface area contributed by atoms with Crippen LogP contribution in [0.3, 0.4) is 0 Å². The number of anilines is 1. The summed E-state index contributed by atoms with van der Waals surface area (Å²) in [6, 6.07) is 6.11. The molecule has 2 aliphatic rings. The first-order valence-corrected chi connectivity index (χ1v) is 11.8. The minimum atomic E-state index is -4.64. The van der Waals surface area contributed by atoms with E-state index in [0.29, 0.717) is 60.0 Å². The van der Waals surface area contributed by atoms with E-state index in [2.05, 4.69) is 10.3 Å². The summed E-state index contributed by atoms with van der Waals surface area (Å²) in [4.78, 5) is 19.7. The van der Waals surface area contributed by atoms with E-state index in [1.165, 1.54) is 28.5 Å². The molecule has 0 aliphatic carbocycles. The van der Waals surface area contributed by atoms with Crippen molar-refractivity contribution in [2.45, 2.75) is 37.0 Å². The first kappa shape index (κ1) is 22.2. The highest BCUT2D eigenvalue weighted by molar-refractivity contribution is 7.99. The van der Waals surface area contributed by atoms with Crippen LogP contribution in [0.2, 0.25) is 0 Å². The molecule has 3 aromatic rings. The second kappa shape index (κ2) is 8.32. The lowest BCUT2D eigenvalue weighted by molar-refractivity contribution is -0.137. The fourth-order valence-corrected chi connectivity index (χ4v) is 5.85. The zero-order valence-corrected chi connectivity index (χ0v) is 18.7. The molecule has 0 amide bonds. The Bertz CT molecular complexity index is 1270. The maximum Gasteiger partial charge on any atom is 0.417 e. The molecule has 0 saturated carbocycles. The van der Waals surface area contributed by atoms with E-state index in [0.717, 1.165) is 18.2 Å². The van der Waals surface area contributed by atoms with Crippen LogP contribution in [-0.2, 0) is 12.7 Å². The monoisotopic (exact) mass is 478 g/mol. The molecule has 2 aromatic carbocycles. The number of hydrogen-bond acceptors (Lipinski definition) is 5. The van der Waals surface area contributed by atoms with E-state index in [-0.39, 0.29) is 17.2 Å². The van der Waals surface area contributed by atoms with Crippen molar-refractivity contribution in [2.24, 2.45) is 0 Å². The van der Waals surface area contributed by atoms with Crippen molar-refractivity contribution in [3.8, 4) is 11.1 Å². The summed E-state index contributed by atoms with van der Waals surface area (Å²) in [7, 11) is 0. The molecule has 0 radical (unpaired) electrons. The van der Waals surface area contributed by atoms with Gasteiger partial charge < -0.3 is 10.2 Å². The van der Waals surface area contributed by atoms with Crippen molar-refractivity contribution in [2.75, 3.05) is 30.3 Å². The molecule has 1 unspecified atom stereocenters. The quantitative estimate of drug-likeness (QED) is 0.549. The molecule has 5 nitrogen and oxygen atoms in total. The van der Waals surface area contributed by atoms with Crippen LogP contribution in [0.4, 0.5) is 23.4 Å². The molecular weight excluding hydrogens is 456 g/mol. The number of hydrogen-bond donors (Lipinski definition) is 1. The predicted molar refractivity (Wildman–Crippen MR) is 121 cm³/mol. The summed E-state index contributed by atoms with van der Waals surface area (Å²) in [5, 5.41) is 3.58. The smallest absolute Gasteiger partial charge is 0.351 e. The first-order valence-electron chi connectivity index (χ1n) is 10.8. The highest BCUT2D eigenvalue weighted by Gasteiger charge is 2.38. The third-order valence-corrected chi connectivity index (χ3v) is 7.36. The first-order chi connectivity index (χ1) is 15.8. The number of nitrogens with zero attached hydrogens (tertiary/aromatic N) is 3. The minimum absolute atomic E-state index is 0.0134. The molecule has 5 rings (SSSR count). The van der Waals surface area contributed by atoms with E-state index in [4.69, 9.17) is 0 Å². The number of rotatable bonds is 2. The van der Waals surface area contributed by atoms with Crippen LogP contribution in [0.15, 0.2) is 40.0 Å². The van der Waals surface area contributed by atoms with Gasteiger partial charge in [0, 0.05) is 48.1 Å². The van der Waals surface area contributed by atoms with Gasteiger partial charge in [-0.05, 0) is 42.9 Å². The summed E-state index contributed by atoms with van der Waals surface area (Å²) in [6.45, 7) is 4.17. The van der Waals surface area contributed by atoms with Crippen LogP contribution in [0, 0.1) is 5.82 Å². The molecule has 0 bridgehead atoms. The van der Waals surface area contributed by atoms with Gasteiger partial charge in [-0.1, -0.05) is 12.1 Å². The van der Waals surface area contributed by atoms with Gasteiger partial charge in [-0.3, -0.25) is 4.57 Å². The molecule has 1 aromatic heterocycles. The van der Waals surface area contributed by atoms with E-state index >= 15 is 0 Å². The van der Waals surface area contributed by atoms with Gasteiger partial charge in [-0.15, -0.1) is 11.8 Å². The third kappa shape index (κ3) is 3.89. The second-order valence-electron chi connectivity index (χ2n) is 8.35. The standard InChI is InChI=1S/C23H22F4N4OS/c1-13-12-28-7-9-30(13)21-16-11-17(23(25,26)27)18(14-3-5-15(24)6-4-14)20-19(16)31(22(32)29-21)8-2-10-33-20/h3-6,11,13,28H,2,7-10,12H2,1H3.